The minimum Gasteiger partial charge on any atom is -0.508 e. The van der Waals surface area contributed by atoms with E-state index in [1.807, 2.05) is 30.3 Å². The van der Waals surface area contributed by atoms with Crippen LogP contribution in [-0.2, 0) is 6.54 Å². The maximum absolute atomic E-state index is 9.42. The van der Waals surface area contributed by atoms with Gasteiger partial charge in [0.25, 0.3) is 0 Å². The van der Waals surface area contributed by atoms with Crippen molar-refractivity contribution in [3.8, 4) is 11.5 Å². The Morgan fingerprint density at radius 3 is 2.68 bits per heavy atom. The van der Waals surface area contributed by atoms with Crippen LogP contribution in [0, 0.1) is 0 Å². The highest BCUT2D eigenvalue weighted by Crippen LogP contribution is 2.19. The number of hydrogen-bond donors (Lipinski definition) is 2. The first kappa shape index (κ1) is 13.4. The van der Waals surface area contributed by atoms with Gasteiger partial charge in [-0.2, -0.15) is 0 Å². The summed E-state index contributed by atoms with van der Waals surface area (Å²) in [4.78, 5) is 0. The molecule has 0 aliphatic carbocycles. The lowest BCUT2D eigenvalue weighted by molar-refractivity contribution is 0.413. The van der Waals surface area contributed by atoms with Gasteiger partial charge >= 0.3 is 0 Å². The predicted octanol–water partition coefficient (Wildman–Crippen LogP) is 3.25. The average Bonchev–Trinajstić information content (AvgIpc) is 2.45. The van der Waals surface area contributed by atoms with Crippen LogP contribution in [0.25, 0.3) is 0 Å². The summed E-state index contributed by atoms with van der Waals surface area (Å²) >= 11 is 0. The molecule has 0 spiro atoms. The minimum absolute atomic E-state index is 0.220. The summed E-state index contributed by atoms with van der Waals surface area (Å²) in [6, 6.07) is 15.5. The molecule has 0 aliphatic rings. The van der Waals surface area contributed by atoms with Crippen molar-refractivity contribution in [3.63, 3.8) is 0 Å². The van der Waals surface area contributed by atoms with Crippen LogP contribution in [0.5, 0.6) is 11.5 Å². The zero-order chi connectivity index (χ0) is 13.7. The summed E-state index contributed by atoms with van der Waals surface area (Å²) in [7, 11) is 1.67. The molecule has 100 valence electrons. The van der Waals surface area contributed by atoms with E-state index in [9.17, 15) is 5.11 Å². The van der Waals surface area contributed by atoms with Crippen LogP contribution in [0.2, 0.25) is 0 Å². The topological polar surface area (TPSA) is 41.5 Å². The summed E-state index contributed by atoms with van der Waals surface area (Å²) in [6.07, 6.45) is 0. The number of rotatable bonds is 5. The Morgan fingerprint density at radius 2 is 1.95 bits per heavy atom. The van der Waals surface area contributed by atoms with Crippen LogP contribution in [0.15, 0.2) is 48.5 Å². The molecule has 0 amide bonds. The molecule has 1 atom stereocenters. The number of nitrogens with one attached hydrogen (secondary N) is 1. The Hall–Kier alpha value is -2.00. The fourth-order valence-corrected chi connectivity index (χ4v) is 1.97. The van der Waals surface area contributed by atoms with E-state index in [1.165, 1.54) is 5.56 Å². The lowest BCUT2D eigenvalue weighted by atomic mass is 10.1. The number of phenolic OH excluding ortho intramolecular Hbond substituents is 1. The van der Waals surface area contributed by atoms with Gasteiger partial charge in [0.05, 0.1) is 7.11 Å². The molecule has 3 nitrogen and oxygen atoms in total. The number of phenols is 1. The smallest absolute Gasteiger partial charge is 0.119 e. The molecule has 0 aliphatic heterocycles. The van der Waals surface area contributed by atoms with E-state index in [4.69, 9.17) is 4.74 Å². The van der Waals surface area contributed by atoms with E-state index in [0.29, 0.717) is 12.3 Å². The molecule has 0 aromatic heterocycles. The molecule has 2 aromatic carbocycles. The molecule has 3 heteroatoms. The molecule has 0 heterocycles. The summed E-state index contributed by atoms with van der Waals surface area (Å²) in [5.74, 6) is 1.16. The third-order valence-electron chi connectivity index (χ3n) is 3.12. The molecule has 19 heavy (non-hydrogen) atoms. The van der Waals surface area contributed by atoms with Crippen LogP contribution in [0.3, 0.4) is 0 Å². The third-order valence-corrected chi connectivity index (χ3v) is 3.12. The lowest BCUT2D eigenvalue weighted by Crippen LogP contribution is -2.18. The maximum Gasteiger partial charge on any atom is 0.119 e. The molecule has 0 saturated carbocycles. The normalized spacial score (nSPS) is 12.1. The van der Waals surface area contributed by atoms with Crippen LogP contribution in [0.1, 0.15) is 24.1 Å². The van der Waals surface area contributed by atoms with Gasteiger partial charge in [-0.15, -0.1) is 0 Å². The molecule has 0 radical (unpaired) electrons. The number of methoxy groups -OCH3 is 1. The number of ether oxygens (including phenoxy) is 1. The van der Waals surface area contributed by atoms with Gasteiger partial charge in [0.1, 0.15) is 11.5 Å². The van der Waals surface area contributed by atoms with Crippen LogP contribution >= 0.6 is 0 Å². The quantitative estimate of drug-likeness (QED) is 0.864. The molecule has 2 aromatic rings. The van der Waals surface area contributed by atoms with Gasteiger partial charge < -0.3 is 15.2 Å². The second kappa shape index (κ2) is 6.25. The molecular weight excluding hydrogens is 238 g/mol. The van der Waals surface area contributed by atoms with E-state index in [0.717, 1.165) is 11.3 Å². The zero-order valence-electron chi connectivity index (χ0n) is 11.3. The molecular formula is C16H19NO2. The van der Waals surface area contributed by atoms with Gasteiger partial charge in [-0.3, -0.25) is 0 Å². The highest BCUT2D eigenvalue weighted by Gasteiger charge is 2.06. The Kier molecular flexibility index (Phi) is 4.42. The third kappa shape index (κ3) is 3.73. The van der Waals surface area contributed by atoms with Crippen molar-refractivity contribution in [2.75, 3.05) is 7.11 Å². The molecule has 2 rings (SSSR count). The predicted molar refractivity (Wildman–Crippen MR) is 76.4 cm³/mol. The molecule has 0 saturated heterocycles. The largest absolute Gasteiger partial charge is 0.508 e. The van der Waals surface area contributed by atoms with Gasteiger partial charge in [0.15, 0.2) is 0 Å². The standard InChI is InChI=1S/C16H19NO2/c1-12(14-6-4-8-16(10-14)19-2)17-11-13-5-3-7-15(18)9-13/h3-10,12,17-18H,11H2,1-2H3/t12-/m1/s1. The first-order valence-corrected chi connectivity index (χ1v) is 6.34. The van der Waals surface area contributed by atoms with Crippen molar-refractivity contribution in [2.45, 2.75) is 19.5 Å². The van der Waals surface area contributed by atoms with Crippen molar-refractivity contribution < 1.29 is 9.84 Å². The van der Waals surface area contributed by atoms with Crippen molar-refractivity contribution in [1.82, 2.24) is 5.32 Å². The second-order valence-electron chi connectivity index (χ2n) is 4.55. The minimum atomic E-state index is 0.220. The van der Waals surface area contributed by atoms with Crippen molar-refractivity contribution in [3.05, 3.63) is 59.7 Å². The van der Waals surface area contributed by atoms with E-state index >= 15 is 0 Å². The second-order valence-corrected chi connectivity index (χ2v) is 4.55. The molecule has 0 fully saturated rings. The monoisotopic (exact) mass is 257 g/mol. The van der Waals surface area contributed by atoms with Crippen LogP contribution < -0.4 is 10.1 Å². The first-order chi connectivity index (χ1) is 9.19. The zero-order valence-corrected chi connectivity index (χ0v) is 11.3. The summed E-state index contributed by atoms with van der Waals surface area (Å²) in [6.45, 7) is 2.82. The molecule has 0 unspecified atom stereocenters. The van der Waals surface area contributed by atoms with Gasteiger partial charge in [-0.1, -0.05) is 24.3 Å². The number of hydrogen-bond acceptors (Lipinski definition) is 3. The van der Waals surface area contributed by atoms with Crippen molar-refractivity contribution >= 4 is 0 Å². The van der Waals surface area contributed by atoms with Crippen LogP contribution in [-0.4, -0.2) is 12.2 Å². The van der Waals surface area contributed by atoms with E-state index in [-0.39, 0.29) is 6.04 Å². The Labute approximate surface area is 113 Å². The van der Waals surface area contributed by atoms with Crippen LogP contribution in [0.4, 0.5) is 0 Å². The summed E-state index contributed by atoms with van der Waals surface area (Å²) in [5.41, 5.74) is 2.24. The number of benzene rings is 2. The van der Waals surface area contributed by atoms with E-state index < -0.39 is 0 Å². The maximum atomic E-state index is 9.42. The van der Waals surface area contributed by atoms with Crippen molar-refractivity contribution in [2.24, 2.45) is 0 Å². The first-order valence-electron chi connectivity index (χ1n) is 6.34. The van der Waals surface area contributed by atoms with Gasteiger partial charge in [-0.25, -0.2) is 0 Å². The lowest BCUT2D eigenvalue weighted by Gasteiger charge is -2.15. The fourth-order valence-electron chi connectivity index (χ4n) is 1.97. The molecule has 0 bridgehead atoms. The van der Waals surface area contributed by atoms with Crippen molar-refractivity contribution in [1.29, 1.82) is 0 Å². The Bertz CT molecular complexity index is 540. The van der Waals surface area contributed by atoms with E-state index in [2.05, 4.69) is 18.3 Å². The highest BCUT2D eigenvalue weighted by atomic mass is 16.5. The van der Waals surface area contributed by atoms with E-state index in [1.54, 1.807) is 19.2 Å². The Balaban J connectivity index is 1.99. The SMILES string of the molecule is COc1cccc([C@@H](C)NCc2cccc(O)c2)c1. The fraction of sp³-hybridized carbons (Fsp3) is 0.250. The van der Waals surface area contributed by atoms with Gasteiger partial charge in [-0.05, 0) is 42.3 Å². The summed E-state index contributed by atoms with van der Waals surface area (Å²) < 4.78 is 5.22. The highest BCUT2D eigenvalue weighted by molar-refractivity contribution is 5.31. The summed E-state index contributed by atoms with van der Waals surface area (Å²) in [5, 5.41) is 12.8. The molecule has 2 N–H and O–H groups in total. The van der Waals surface area contributed by atoms with Gasteiger partial charge in [0, 0.05) is 12.6 Å². The number of aromatic hydroxyl groups is 1. The average molecular weight is 257 g/mol. The van der Waals surface area contributed by atoms with Gasteiger partial charge in [0.2, 0.25) is 0 Å². The Morgan fingerprint density at radius 1 is 1.16 bits per heavy atom.